The summed E-state index contributed by atoms with van der Waals surface area (Å²) in [5, 5.41) is 5.05. The quantitative estimate of drug-likeness (QED) is 0.556. The van der Waals surface area contributed by atoms with Crippen LogP contribution in [0.4, 0.5) is 0 Å². The lowest BCUT2D eigenvalue weighted by Gasteiger charge is -2.06. The highest BCUT2D eigenvalue weighted by Gasteiger charge is 2.11. The predicted octanol–water partition coefficient (Wildman–Crippen LogP) is 0.498. The van der Waals surface area contributed by atoms with Crippen LogP contribution in [-0.2, 0) is 20.7 Å². The molecule has 0 atom stereocenters. The lowest BCUT2D eigenvalue weighted by Crippen LogP contribution is -2.41. The Bertz CT molecular complexity index is 393. The van der Waals surface area contributed by atoms with Gasteiger partial charge < -0.3 is 15.4 Å². The van der Waals surface area contributed by atoms with E-state index in [-0.39, 0.29) is 0 Å². The number of nitrogens with one attached hydrogen (secondary N) is 2. The van der Waals surface area contributed by atoms with Gasteiger partial charge in [-0.15, -0.1) is 0 Å². The molecule has 0 spiro atoms. The molecule has 0 aliphatic rings. The van der Waals surface area contributed by atoms with Gasteiger partial charge in [-0.05, 0) is 18.4 Å². The van der Waals surface area contributed by atoms with Crippen LogP contribution in [0.25, 0.3) is 0 Å². The van der Waals surface area contributed by atoms with Gasteiger partial charge in [0.2, 0.25) is 0 Å². The third-order valence-corrected chi connectivity index (χ3v) is 2.57. The van der Waals surface area contributed by atoms with Gasteiger partial charge in [-0.25, -0.2) is 0 Å². The highest BCUT2D eigenvalue weighted by molar-refractivity contribution is 6.35. The van der Waals surface area contributed by atoms with Gasteiger partial charge in [0.05, 0.1) is 6.61 Å². The number of ether oxygens (including phenoxy) is 1. The normalized spacial score (nSPS) is 9.95. The van der Waals surface area contributed by atoms with Crippen molar-refractivity contribution < 1.29 is 14.3 Å². The van der Waals surface area contributed by atoms with Gasteiger partial charge in [0.15, 0.2) is 0 Å². The van der Waals surface area contributed by atoms with Crippen molar-refractivity contribution in [3.8, 4) is 0 Å². The smallest absolute Gasteiger partial charge is 0.309 e. The zero-order chi connectivity index (χ0) is 13.9. The van der Waals surface area contributed by atoms with Gasteiger partial charge in [-0.1, -0.05) is 30.3 Å². The SMILES string of the molecule is COCCNC(=O)C(=O)NCCCc1ccccc1. The van der Waals surface area contributed by atoms with E-state index >= 15 is 0 Å². The number of rotatable bonds is 7. The van der Waals surface area contributed by atoms with Crippen molar-refractivity contribution in [2.75, 3.05) is 26.8 Å². The number of aryl methyl sites for hydroxylation is 1. The molecule has 104 valence electrons. The number of carbonyl (C=O) groups is 2. The lowest BCUT2D eigenvalue weighted by atomic mass is 10.1. The second-order valence-corrected chi connectivity index (χ2v) is 4.09. The minimum Gasteiger partial charge on any atom is -0.383 e. The summed E-state index contributed by atoms with van der Waals surface area (Å²) in [5.41, 5.74) is 1.22. The summed E-state index contributed by atoms with van der Waals surface area (Å²) in [7, 11) is 1.54. The van der Waals surface area contributed by atoms with E-state index in [1.165, 1.54) is 12.7 Å². The molecule has 0 saturated carbocycles. The van der Waals surface area contributed by atoms with Crippen LogP contribution in [0.15, 0.2) is 30.3 Å². The highest BCUT2D eigenvalue weighted by atomic mass is 16.5. The fourth-order valence-corrected chi connectivity index (χ4v) is 1.57. The fourth-order valence-electron chi connectivity index (χ4n) is 1.57. The Morgan fingerprint density at radius 3 is 2.32 bits per heavy atom. The summed E-state index contributed by atoms with van der Waals surface area (Å²) in [6, 6.07) is 10.0. The van der Waals surface area contributed by atoms with Gasteiger partial charge in [-0.3, -0.25) is 9.59 Å². The van der Waals surface area contributed by atoms with E-state index in [1.807, 2.05) is 30.3 Å². The number of carbonyl (C=O) groups excluding carboxylic acids is 2. The first-order valence-electron chi connectivity index (χ1n) is 6.33. The van der Waals surface area contributed by atoms with Crippen molar-refractivity contribution in [1.29, 1.82) is 0 Å². The van der Waals surface area contributed by atoms with E-state index < -0.39 is 11.8 Å². The predicted molar refractivity (Wildman–Crippen MR) is 72.7 cm³/mol. The average molecular weight is 264 g/mol. The summed E-state index contributed by atoms with van der Waals surface area (Å²) in [6.45, 7) is 1.23. The molecule has 0 aromatic heterocycles. The van der Waals surface area contributed by atoms with Crippen molar-refractivity contribution in [2.24, 2.45) is 0 Å². The molecule has 5 heteroatoms. The molecule has 19 heavy (non-hydrogen) atoms. The Morgan fingerprint density at radius 2 is 1.68 bits per heavy atom. The second-order valence-electron chi connectivity index (χ2n) is 4.09. The Kier molecular flexibility index (Phi) is 7.27. The molecule has 0 heterocycles. The van der Waals surface area contributed by atoms with E-state index in [1.54, 1.807) is 0 Å². The van der Waals surface area contributed by atoms with Crippen LogP contribution < -0.4 is 10.6 Å². The number of hydrogen-bond acceptors (Lipinski definition) is 3. The van der Waals surface area contributed by atoms with E-state index in [9.17, 15) is 9.59 Å². The van der Waals surface area contributed by atoms with E-state index in [2.05, 4.69) is 10.6 Å². The van der Waals surface area contributed by atoms with Crippen molar-refractivity contribution in [1.82, 2.24) is 10.6 Å². The zero-order valence-corrected chi connectivity index (χ0v) is 11.1. The molecule has 2 N–H and O–H groups in total. The van der Waals surface area contributed by atoms with Crippen LogP contribution in [0, 0.1) is 0 Å². The topological polar surface area (TPSA) is 67.4 Å². The third kappa shape index (κ3) is 6.57. The Morgan fingerprint density at radius 1 is 1.05 bits per heavy atom. The molecule has 1 rings (SSSR count). The van der Waals surface area contributed by atoms with Crippen LogP contribution in [0.5, 0.6) is 0 Å². The molecule has 0 radical (unpaired) electrons. The van der Waals surface area contributed by atoms with E-state index in [0.29, 0.717) is 19.7 Å². The van der Waals surface area contributed by atoms with Crippen LogP contribution in [0.2, 0.25) is 0 Å². The fraction of sp³-hybridized carbons (Fsp3) is 0.429. The van der Waals surface area contributed by atoms with Crippen molar-refractivity contribution in [2.45, 2.75) is 12.8 Å². The second kappa shape index (κ2) is 9.10. The van der Waals surface area contributed by atoms with Crippen molar-refractivity contribution in [3.05, 3.63) is 35.9 Å². The largest absolute Gasteiger partial charge is 0.383 e. The first-order valence-corrected chi connectivity index (χ1v) is 6.33. The maximum Gasteiger partial charge on any atom is 0.309 e. The zero-order valence-electron chi connectivity index (χ0n) is 11.1. The van der Waals surface area contributed by atoms with Crippen LogP contribution in [-0.4, -0.2) is 38.6 Å². The number of benzene rings is 1. The standard InChI is InChI=1S/C14H20N2O3/c1-19-11-10-16-14(18)13(17)15-9-5-8-12-6-3-2-4-7-12/h2-4,6-7H,5,8-11H2,1H3,(H,15,17)(H,16,18). The Balaban J connectivity index is 2.11. The molecule has 0 aliphatic heterocycles. The van der Waals surface area contributed by atoms with Gasteiger partial charge >= 0.3 is 11.8 Å². The van der Waals surface area contributed by atoms with Gasteiger partial charge in [0.25, 0.3) is 0 Å². The van der Waals surface area contributed by atoms with Crippen LogP contribution >= 0.6 is 0 Å². The molecule has 1 aromatic rings. The third-order valence-electron chi connectivity index (χ3n) is 2.57. The molecular weight excluding hydrogens is 244 g/mol. The van der Waals surface area contributed by atoms with Gasteiger partial charge in [0, 0.05) is 20.2 Å². The van der Waals surface area contributed by atoms with Crippen LogP contribution in [0.1, 0.15) is 12.0 Å². The molecule has 1 aromatic carbocycles. The monoisotopic (exact) mass is 264 g/mol. The van der Waals surface area contributed by atoms with E-state index in [4.69, 9.17) is 4.74 Å². The Labute approximate surface area is 113 Å². The average Bonchev–Trinajstić information content (AvgIpc) is 2.44. The lowest BCUT2D eigenvalue weighted by molar-refractivity contribution is -0.139. The molecule has 0 unspecified atom stereocenters. The summed E-state index contributed by atoms with van der Waals surface area (Å²) in [4.78, 5) is 22.7. The van der Waals surface area contributed by atoms with Crippen LogP contribution in [0.3, 0.4) is 0 Å². The molecule has 0 fully saturated rings. The minimum atomic E-state index is -0.614. The molecule has 2 amide bonds. The maximum atomic E-state index is 11.4. The number of methoxy groups -OCH3 is 1. The summed E-state index contributed by atoms with van der Waals surface area (Å²) < 4.78 is 4.77. The van der Waals surface area contributed by atoms with Gasteiger partial charge in [0.1, 0.15) is 0 Å². The van der Waals surface area contributed by atoms with Crippen molar-refractivity contribution >= 4 is 11.8 Å². The maximum absolute atomic E-state index is 11.4. The molecule has 5 nitrogen and oxygen atoms in total. The molecule has 0 aliphatic carbocycles. The van der Waals surface area contributed by atoms with E-state index in [0.717, 1.165) is 12.8 Å². The summed E-state index contributed by atoms with van der Waals surface area (Å²) in [5.74, 6) is -1.21. The highest BCUT2D eigenvalue weighted by Crippen LogP contribution is 2.01. The number of amides is 2. The number of hydrogen-bond donors (Lipinski definition) is 2. The molecule has 0 bridgehead atoms. The Hall–Kier alpha value is -1.88. The molecular formula is C14H20N2O3. The van der Waals surface area contributed by atoms with Gasteiger partial charge in [-0.2, -0.15) is 0 Å². The minimum absolute atomic E-state index is 0.340. The van der Waals surface area contributed by atoms with Crippen molar-refractivity contribution in [3.63, 3.8) is 0 Å². The first-order chi connectivity index (χ1) is 9.24. The first kappa shape index (κ1) is 15.2. The molecule has 0 saturated heterocycles. The summed E-state index contributed by atoms with van der Waals surface area (Å²) >= 11 is 0. The summed E-state index contributed by atoms with van der Waals surface area (Å²) in [6.07, 6.45) is 1.69.